The Morgan fingerprint density at radius 1 is 1.00 bits per heavy atom. The van der Waals surface area contributed by atoms with Crippen molar-refractivity contribution < 1.29 is 9.59 Å². The predicted octanol–water partition coefficient (Wildman–Crippen LogP) is 2.85. The lowest BCUT2D eigenvalue weighted by molar-refractivity contribution is -0.117. The Labute approximate surface area is 71.0 Å². The number of hydrogen-bond acceptors (Lipinski definition) is 2. The SMILES string of the molecule is C.C.CC(C)=O.CCC(C)=O. The third-order valence-corrected chi connectivity index (χ3v) is 0.498. The minimum Gasteiger partial charge on any atom is -0.300 e. The zero-order valence-corrected chi connectivity index (χ0v) is 6.52. The van der Waals surface area contributed by atoms with E-state index in [0.717, 1.165) is 0 Å². The van der Waals surface area contributed by atoms with Crippen LogP contribution in [0.25, 0.3) is 0 Å². The second-order valence-corrected chi connectivity index (χ2v) is 1.96. The molecule has 0 radical (unpaired) electrons. The lowest BCUT2D eigenvalue weighted by Crippen LogP contribution is -1.80. The van der Waals surface area contributed by atoms with Crippen LogP contribution in [0.5, 0.6) is 0 Å². The molecule has 70 valence electrons. The molecule has 0 aliphatic carbocycles. The molecule has 0 spiro atoms. The molecule has 0 aromatic carbocycles. The van der Waals surface area contributed by atoms with Gasteiger partial charge in [-0.25, -0.2) is 0 Å². The van der Waals surface area contributed by atoms with Crippen LogP contribution in [0.2, 0.25) is 0 Å². The number of carbonyl (C=O) groups is 2. The highest BCUT2D eigenvalue weighted by molar-refractivity contribution is 5.74. The third kappa shape index (κ3) is 280. The summed E-state index contributed by atoms with van der Waals surface area (Å²) in [7, 11) is 0. The maximum Gasteiger partial charge on any atom is 0.129 e. The minimum absolute atomic E-state index is 0. The Kier molecular flexibility index (Phi) is 33.0. The van der Waals surface area contributed by atoms with Gasteiger partial charge in [0, 0.05) is 6.42 Å². The van der Waals surface area contributed by atoms with E-state index in [0.29, 0.717) is 6.42 Å². The molecule has 0 amide bonds. The van der Waals surface area contributed by atoms with Gasteiger partial charge in [0.15, 0.2) is 0 Å². The minimum atomic E-state index is 0. The van der Waals surface area contributed by atoms with Gasteiger partial charge < -0.3 is 9.59 Å². The van der Waals surface area contributed by atoms with Crippen molar-refractivity contribution in [1.29, 1.82) is 0 Å². The summed E-state index contributed by atoms with van der Waals surface area (Å²) in [5, 5.41) is 0. The molecule has 0 unspecified atom stereocenters. The van der Waals surface area contributed by atoms with Crippen molar-refractivity contribution in [3.63, 3.8) is 0 Å². The van der Waals surface area contributed by atoms with E-state index in [4.69, 9.17) is 0 Å². The monoisotopic (exact) mass is 162 g/mol. The van der Waals surface area contributed by atoms with Gasteiger partial charge in [0.05, 0.1) is 0 Å². The van der Waals surface area contributed by atoms with Crippen LogP contribution >= 0.6 is 0 Å². The highest BCUT2D eigenvalue weighted by Gasteiger charge is 1.76. The zero-order valence-electron chi connectivity index (χ0n) is 6.52. The highest BCUT2D eigenvalue weighted by Crippen LogP contribution is 1.71. The molecule has 0 fully saturated rings. The van der Waals surface area contributed by atoms with Crippen LogP contribution in [-0.2, 0) is 9.59 Å². The van der Waals surface area contributed by atoms with E-state index in [1.165, 1.54) is 13.8 Å². The fourth-order valence-corrected chi connectivity index (χ4v) is 0. The molecule has 0 bridgehead atoms. The van der Waals surface area contributed by atoms with E-state index in [9.17, 15) is 9.59 Å². The summed E-state index contributed by atoms with van der Waals surface area (Å²) in [5.41, 5.74) is 0. The van der Waals surface area contributed by atoms with Crippen LogP contribution in [0, 0.1) is 0 Å². The van der Waals surface area contributed by atoms with Crippen LogP contribution in [0.15, 0.2) is 0 Å². The van der Waals surface area contributed by atoms with E-state index in [1.54, 1.807) is 6.92 Å². The zero-order chi connectivity index (χ0) is 7.86. The number of carbonyl (C=O) groups excluding carboxylic acids is 2. The average molecular weight is 162 g/mol. The molecule has 2 nitrogen and oxygen atoms in total. The van der Waals surface area contributed by atoms with Crippen molar-refractivity contribution in [3.8, 4) is 0 Å². The van der Waals surface area contributed by atoms with Crippen LogP contribution < -0.4 is 0 Å². The summed E-state index contributed by atoms with van der Waals surface area (Å²) >= 11 is 0. The Balaban J connectivity index is -0.0000000383. The molecule has 0 saturated heterocycles. The summed E-state index contributed by atoms with van der Waals surface area (Å²) in [4.78, 5) is 19.3. The topological polar surface area (TPSA) is 34.1 Å². The number of ketones is 2. The van der Waals surface area contributed by atoms with Gasteiger partial charge >= 0.3 is 0 Å². The molecule has 0 saturated carbocycles. The molecule has 0 aliphatic heterocycles. The van der Waals surface area contributed by atoms with E-state index in [2.05, 4.69) is 0 Å². The summed E-state index contributed by atoms with van der Waals surface area (Å²) in [6, 6.07) is 0. The van der Waals surface area contributed by atoms with Gasteiger partial charge in [-0.05, 0) is 20.8 Å². The molecule has 0 N–H and O–H groups in total. The predicted molar refractivity (Wildman–Crippen MR) is 50.8 cm³/mol. The molecule has 2 heteroatoms. The van der Waals surface area contributed by atoms with Crippen molar-refractivity contribution in [2.24, 2.45) is 0 Å². The molecular formula is C9H22O2. The molecule has 0 heterocycles. The van der Waals surface area contributed by atoms with Gasteiger partial charge in [0.1, 0.15) is 11.6 Å². The first-order valence-electron chi connectivity index (χ1n) is 2.97. The van der Waals surface area contributed by atoms with Gasteiger partial charge in [-0.1, -0.05) is 21.8 Å². The van der Waals surface area contributed by atoms with Gasteiger partial charge in [0.2, 0.25) is 0 Å². The molecule has 0 aromatic rings. The number of rotatable bonds is 1. The summed E-state index contributed by atoms with van der Waals surface area (Å²) in [6.07, 6.45) is 0.667. The molecular weight excluding hydrogens is 140 g/mol. The number of hydrogen-bond donors (Lipinski definition) is 0. The molecule has 0 aromatic heterocycles. The Morgan fingerprint density at radius 3 is 1.09 bits per heavy atom. The Bertz CT molecular complexity index is 91.7. The van der Waals surface area contributed by atoms with Crippen molar-refractivity contribution in [2.45, 2.75) is 49.0 Å². The summed E-state index contributed by atoms with van der Waals surface area (Å²) in [6.45, 7) is 6.49. The quantitative estimate of drug-likeness (QED) is 0.594. The molecule has 0 atom stereocenters. The molecule has 0 aliphatic rings. The Morgan fingerprint density at radius 2 is 1.09 bits per heavy atom. The summed E-state index contributed by atoms with van der Waals surface area (Å²) < 4.78 is 0. The van der Waals surface area contributed by atoms with Crippen LogP contribution in [0.1, 0.15) is 49.0 Å². The third-order valence-electron chi connectivity index (χ3n) is 0.498. The van der Waals surface area contributed by atoms with E-state index >= 15 is 0 Å². The fourth-order valence-electron chi connectivity index (χ4n) is 0. The second kappa shape index (κ2) is 16.2. The van der Waals surface area contributed by atoms with E-state index in [-0.39, 0.29) is 26.4 Å². The van der Waals surface area contributed by atoms with Gasteiger partial charge in [-0.2, -0.15) is 0 Å². The van der Waals surface area contributed by atoms with Crippen molar-refractivity contribution in [2.75, 3.05) is 0 Å². The smallest absolute Gasteiger partial charge is 0.129 e. The maximum atomic E-state index is 9.81. The maximum absolute atomic E-state index is 9.81. The van der Waals surface area contributed by atoms with E-state index < -0.39 is 0 Å². The average Bonchev–Trinajstić information content (AvgIpc) is 1.65. The van der Waals surface area contributed by atoms with E-state index in [1.807, 2.05) is 6.92 Å². The van der Waals surface area contributed by atoms with Crippen LogP contribution in [0.3, 0.4) is 0 Å². The largest absolute Gasteiger partial charge is 0.300 e. The van der Waals surface area contributed by atoms with Gasteiger partial charge in [-0.3, -0.25) is 0 Å². The first kappa shape index (κ1) is 22.4. The first-order chi connectivity index (χ1) is 4.00. The number of Topliss-reactive ketones (excluding diaryl/α,β-unsaturated/α-hetero) is 2. The first-order valence-corrected chi connectivity index (χ1v) is 2.97. The van der Waals surface area contributed by atoms with Crippen LogP contribution in [0.4, 0.5) is 0 Å². The van der Waals surface area contributed by atoms with Gasteiger partial charge in [-0.15, -0.1) is 0 Å². The Hall–Kier alpha value is -0.660. The highest BCUT2D eigenvalue weighted by atomic mass is 16.1. The van der Waals surface area contributed by atoms with Gasteiger partial charge in [0.25, 0.3) is 0 Å². The fraction of sp³-hybridized carbons (Fsp3) is 0.778. The van der Waals surface area contributed by atoms with Crippen LogP contribution in [-0.4, -0.2) is 11.6 Å². The lowest BCUT2D eigenvalue weighted by atomic mass is 10.4. The normalized spacial score (nSPS) is 5.82. The standard InChI is InChI=1S/C4H8O.C3H6O.2CH4/c1-3-4(2)5;1-3(2)4;;/h3H2,1-2H3;1-2H3;2*1H4. The van der Waals surface area contributed by atoms with Crippen molar-refractivity contribution >= 4 is 11.6 Å². The summed E-state index contributed by atoms with van der Waals surface area (Å²) in [5.74, 6) is 0.421. The molecule has 11 heavy (non-hydrogen) atoms. The molecule has 0 rings (SSSR count). The second-order valence-electron chi connectivity index (χ2n) is 1.96. The van der Waals surface area contributed by atoms with Crippen molar-refractivity contribution in [1.82, 2.24) is 0 Å². The lowest BCUT2D eigenvalue weighted by Gasteiger charge is -1.71. The van der Waals surface area contributed by atoms with Crippen molar-refractivity contribution in [3.05, 3.63) is 0 Å².